The first-order valence-electron chi connectivity index (χ1n) is 4.62. The minimum Gasteiger partial charge on any atom is -0.464 e. The zero-order valence-corrected chi connectivity index (χ0v) is 9.99. The van der Waals surface area contributed by atoms with Crippen LogP contribution in [0.4, 0.5) is 5.82 Å². The van der Waals surface area contributed by atoms with Crippen LogP contribution in [0, 0.1) is 0 Å². The number of aromatic nitrogens is 2. The van der Waals surface area contributed by atoms with Gasteiger partial charge in [-0.25, -0.2) is 14.8 Å². The minimum atomic E-state index is -0.649. The summed E-state index contributed by atoms with van der Waals surface area (Å²) >= 11 is 5.63. The summed E-state index contributed by atoms with van der Waals surface area (Å²) in [5.41, 5.74) is 5.07. The van der Waals surface area contributed by atoms with Gasteiger partial charge in [-0.05, 0) is 18.5 Å². The second-order valence-electron chi connectivity index (χ2n) is 3.17. The molecule has 1 heterocycles. The number of carbonyl (C=O) groups excluding carboxylic acids is 2. The van der Waals surface area contributed by atoms with Crippen molar-refractivity contribution < 1.29 is 14.3 Å². The van der Waals surface area contributed by atoms with E-state index in [0.717, 1.165) is 0 Å². The van der Waals surface area contributed by atoms with Gasteiger partial charge in [-0.2, -0.15) is 0 Å². The number of esters is 1. The Labute approximate surface area is 102 Å². The van der Waals surface area contributed by atoms with E-state index in [0.29, 0.717) is 0 Å². The van der Waals surface area contributed by atoms with E-state index in [9.17, 15) is 9.59 Å². The van der Waals surface area contributed by atoms with Crippen molar-refractivity contribution in [3.8, 4) is 0 Å². The van der Waals surface area contributed by atoms with Crippen LogP contribution < -0.4 is 11.1 Å². The van der Waals surface area contributed by atoms with E-state index in [-0.39, 0.29) is 16.8 Å². The molecule has 1 amide bonds. The molecule has 0 spiro atoms. The number of nitrogens with two attached hydrogens (primary N) is 1. The summed E-state index contributed by atoms with van der Waals surface area (Å²) in [5, 5.41) is 2.55. The summed E-state index contributed by atoms with van der Waals surface area (Å²) < 4.78 is 4.49. The van der Waals surface area contributed by atoms with Gasteiger partial charge in [0.15, 0.2) is 5.69 Å². The van der Waals surface area contributed by atoms with Gasteiger partial charge in [0.25, 0.3) is 0 Å². The molecule has 1 atom stereocenters. The zero-order valence-electron chi connectivity index (χ0n) is 9.23. The maximum atomic E-state index is 11.2. The fraction of sp³-hybridized carbons (Fsp3) is 0.333. The maximum Gasteiger partial charge on any atom is 0.356 e. The molecule has 8 heteroatoms. The fourth-order valence-electron chi connectivity index (χ4n) is 0.994. The van der Waals surface area contributed by atoms with Crippen molar-refractivity contribution in [2.75, 3.05) is 12.4 Å². The number of halogens is 1. The number of primary amides is 1. The van der Waals surface area contributed by atoms with E-state index in [2.05, 4.69) is 20.0 Å². The summed E-state index contributed by atoms with van der Waals surface area (Å²) in [7, 11) is 1.22. The molecule has 1 aromatic heterocycles. The maximum absolute atomic E-state index is 11.2. The Morgan fingerprint density at radius 2 is 2.18 bits per heavy atom. The van der Waals surface area contributed by atoms with Crippen LogP contribution in [0.5, 0.6) is 0 Å². The lowest BCUT2D eigenvalue weighted by Gasteiger charge is -2.11. The van der Waals surface area contributed by atoms with Crippen LogP contribution in [-0.4, -0.2) is 35.0 Å². The van der Waals surface area contributed by atoms with Crippen LogP contribution in [0.15, 0.2) is 6.07 Å². The Morgan fingerprint density at radius 3 is 2.71 bits per heavy atom. The van der Waals surface area contributed by atoms with Crippen LogP contribution in [0.3, 0.4) is 0 Å². The van der Waals surface area contributed by atoms with Crippen molar-refractivity contribution in [1.82, 2.24) is 9.97 Å². The molecule has 0 saturated carbocycles. The number of anilines is 1. The van der Waals surface area contributed by atoms with Crippen LogP contribution >= 0.6 is 11.6 Å². The van der Waals surface area contributed by atoms with Crippen molar-refractivity contribution in [3.05, 3.63) is 17.0 Å². The predicted molar refractivity (Wildman–Crippen MR) is 60.7 cm³/mol. The molecule has 0 fully saturated rings. The van der Waals surface area contributed by atoms with Gasteiger partial charge in [0.1, 0.15) is 11.9 Å². The molecule has 0 saturated heterocycles. The molecule has 1 aromatic rings. The van der Waals surface area contributed by atoms with Crippen molar-refractivity contribution in [2.45, 2.75) is 13.0 Å². The van der Waals surface area contributed by atoms with E-state index in [4.69, 9.17) is 17.3 Å². The number of hydrogen-bond donors (Lipinski definition) is 2. The number of rotatable bonds is 4. The number of carbonyl (C=O) groups is 2. The molecule has 0 aliphatic rings. The lowest BCUT2D eigenvalue weighted by atomic mass is 10.3. The predicted octanol–water partition coefficient (Wildman–Crippen LogP) is 0.202. The Kier molecular flexibility index (Phi) is 4.22. The summed E-state index contributed by atoms with van der Waals surface area (Å²) in [6.07, 6.45) is 0. The van der Waals surface area contributed by atoms with Gasteiger partial charge in [0.05, 0.1) is 7.11 Å². The van der Waals surface area contributed by atoms with Crippen molar-refractivity contribution in [1.29, 1.82) is 0 Å². The van der Waals surface area contributed by atoms with Gasteiger partial charge < -0.3 is 15.8 Å². The summed E-state index contributed by atoms with van der Waals surface area (Å²) in [6.45, 7) is 1.55. The Morgan fingerprint density at radius 1 is 1.53 bits per heavy atom. The molecular formula is C9H11ClN4O3. The first-order valence-corrected chi connectivity index (χ1v) is 5.00. The first-order chi connectivity index (χ1) is 7.93. The number of hydrogen-bond acceptors (Lipinski definition) is 6. The third-order valence-electron chi connectivity index (χ3n) is 1.88. The van der Waals surface area contributed by atoms with Crippen molar-refractivity contribution >= 4 is 29.3 Å². The van der Waals surface area contributed by atoms with Gasteiger partial charge in [-0.15, -0.1) is 0 Å². The molecule has 1 rings (SSSR count). The Balaban J connectivity index is 2.97. The average molecular weight is 259 g/mol. The molecule has 0 bridgehead atoms. The Bertz CT molecular complexity index is 452. The summed E-state index contributed by atoms with van der Waals surface area (Å²) in [5.74, 6) is -0.986. The van der Waals surface area contributed by atoms with Crippen molar-refractivity contribution in [2.24, 2.45) is 5.73 Å². The van der Waals surface area contributed by atoms with E-state index in [1.807, 2.05) is 0 Å². The molecule has 0 aliphatic carbocycles. The first kappa shape index (κ1) is 13.2. The van der Waals surface area contributed by atoms with Gasteiger partial charge in [0.2, 0.25) is 11.2 Å². The second-order valence-corrected chi connectivity index (χ2v) is 3.51. The largest absolute Gasteiger partial charge is 0.464 e. The third-order valence-corrected chi connectivity index (χ3v) is 2.05. The lowest BCUT2D eigenvalue weighted by molar-refractivity contribution is -0.118. The van der Waals surface area contributed by atoms with Gasteiger partial charge in [0, 0.05) is 6.07 Å². The summed E-state index contributed by atoms with van der Waals surface area (Å²) in [6, 6.07) is 0.670. The monoisotopic (exact) mass is 258 g/mol. The molecule has 0 aromatic carbocycles. The standard InChI is InChI=1S/C9H11ClN4O3/c1-4(7(11)15)12-6-3-5(8(16)17-2)13-9(10)14-6/h3-4H,1-2H3,(H2,11,15)(H,12,13,14)/t4-/m0/s1. The molecule has 3 N–H and O–H groups in total. The number of amides is 1. The normalized spacial score (nSPS) is 11.7. The van der Waals surface area contributed by atoms with E-state index < -0.39 is 17.9 Å². The summed E-state index contributed by atoms with van der Waals surface area (Å²) in [4.78, 5) is 29.6. The van der Waals surface area contributed by atoms with E-state index in [1.165, 1.54) is 13.2 Å². The number of nitrogens with one attached hydrogen (secondary N) is 1. The molecule has 0 radical (unpaired) electrons. The SMILES string of the molecule is COC(=O)c1cc(N[C@@H](C)C(N)=O)nc(Cl)n1. The second kappa shape index (κ2) is 5.44. The molecular weight excluding hydrogens is 248 g/mol. The fourth-order valence-corrected chi connectivity index (χ4v) is 1.18. The molecule has 0 unspecified atom stereocenters. The minimum absolute atomic E-state index is 0.00771. The quantitative estimate of drug-likeness (QED) is 0.590. The van der Waals surface area contributed by atoms with E-state index >= 15 is 0 Å². The number of nitrogens with zero attached hydrogens (tertiary/aromatic N) is 2. The average Bonchev–Trinajstić information content (AvgIpc) is 2.26. The molecule has 92 valence electrons. The third kappa shape index (κ3) is 3.56. The van der Waals surface area contributed by atoms with Gasteiger partial charge in [-0.3, -0.25) is 4.79 Å². The number of methoxy groups -OCH3 is 1. The van der Waals surface area contributed by atoms with Gasteiger partial charge in [-0.1, -0.05) is 0 Å². The molecule has 0 aliphatic heterocycles. The highest BCUT2D eigenvalue weighted by atomic mass is 35.5. The van der Waals surface area contributed by atoms with Gasteiger partial charge >= 0.3 is 5.97 Å². The number of ether oxygens (including phenoxy) is 1. The topological polar surface area (TPSA) is 107 Å². The van der Waals surface area contributed by atoms with Crippen LogP contribution in [0.1, 0.15) is 17.4 Å². The highest BCUT2D eigenvalue weighted by molar-refractivity contribution is 6.28. The Hall–Kier alpha value is -1.89. The van der Waals surface area contributed by atoms with E-state index in [1.54, 1.807) is 6.92 Å². The highest BCUT2D eigenvalue weighted by Crippen LogP contribution is 2.12. The molecule has 7 nitrogen and oxygen atoms in total. The van der Waals surface area contributed by atoms with Crippen LogP contribution in [0.25, 0.3) is 0 Å². The molecule has 17 heavy (non-hydrogen) atoms. The van der Waals surface area contributed by atoms with Crippen LogP contribution in [-0.2, 0) is 9.53 Å². The zero-order chi connectivity index (χ0) is 13.0. The van der Waals surface area contributed by atoms with Crippen molar-refractivity contribution in [3.63, 3.8) is 0 Å². The smallest absolute Gasteiger partial charge is 0.356 e. The lowest BCUT2D eigenvalue weighted by Crippen LogP contribution is -2.32. The van der Waals surface area contributed by atoms with Crippen LogP contribution in [0.2, 0.25) is 5.28 Å². The highest BCUT2D eigenvalue weighted by Gasteiger charge is 2.14.